The van der Waals surface area contributed by atoms with E-state index in [1.807, 2.05) is 11.3 Å². The Morgan fingerprint density at radius 1 is 1.25 bits per heavy atom. The topological polar surface area (TPSA) is 23.5 Å². The van der Waals surface area contributed by atoms with E-state index in [0.29, 0.717) is 6.42 Å². The smallest absolute Gasteiger partial charge is 0.0771 e. The van der Waals surface area contributed by atoms with E-state index in [1.54, 1.807) is 0 Å². The molecular formula is C17H23NOS. The molecule has 0 bridgehead atoms. The fraction of sp³-hybridized carbons (Fsp3) is 0.647. The maximum Gasteiger partial charge on any atom is 0.0771 e. The van der Waals surface area contributed by atoms with Crippen molar-refractivity contribution < 1.29 is 5.11 Å². The number of nitrogens with zero attached hydrogens (tertiary/aromatic N) is 1. The maximum atomic E-state index is 8.74. The molecule has 1 N–H and O–H groups in total. The minimum absolute atomic E-state index is 0.155. The van der Waals surface area contributed by atoms with Crippen molar-refractivity contribution in [3.05, 3.63) is 21.9 Å². The second kappa shape index (κ2) is 6.76. The van der Waals surface area contributed by atoms with Gasteiger partial charge in [0.25, 0.3) is 0 Å². The lowest BCUT2D eigenvalue weighted by Crippen LogP contribution is -2.33. The van der Waals surface area contributed by atoms with E-state index in [0.717, 1.165) is 23.4 Å². The van der Waals surface area contributed by atoms with Crippen LogP contribution in [0.4, 0.5) is 0 Å². The normalized spacial score (nSPS) is 26.1. The summed E-state index contributed by atoms with van der Waals surface area (Å²) < 4.78 is 0. The Kier molecular flexibility index (Phi) is 4.77. The molecule has 1 aromatic rings. The molecule has 1 saturated heterocycles. The lowest BCUT2D eigenvalue weighted by Gasteiger charge is -2.31. The molecule has 0 amide bonds. The lowest BCUT2D eigenvalue weighted by atomic mass is 9.85. The van der Waals surface area contributed by atoms with Gasteiger partial charge in [0.15, 0.2) is 0 Å². The molecule has 2 fully saturated rings. The summed E-state index contributed by atoms with van der Waals surface area (Å²) in [6, 6.07) is 5.19. The number of aliphatic hydroxyl groups is 1. The van der Waals surface area contributed by atoms with Crippen LogP contribution in [0.15, 0.2) is 12.1 Å². The first-order valence-electron chi connectivity index (χ1n) is 7.79. The number of likely N-dealkylation sites (tertiary alicyclic amines) is 1. The van der Waals surface area contributed by atoms with Crippen molar-refractivity contribution in [1.29, 1.82) is 0 Å². The highest BCUT2D eigenvalue weighted by atomic mass is 32.1. The number of thiophene rings is 1. The van der Waals surface area contributed by atoms with E-state index >= 15 is 0 Å². The fourth-order valence-electron chi connectivity index (χ4n) is 3.64. The Morgan fingerprint density at radius 2 is 2.15 bits per heavy atom. The zero-order valence-electron chi connectivity index (χ0n) is 12.0. The zero-order chi connectivity index (χ0) is 13.8. The molecule has 3 heteroatoms. The molecule has 20 heavy (non-hydrogen) atoms. The van der Waals surface area contributed by atoms with Gasteiger partial charge in [-0.3, -0.25) is 4.90 Å². The van der Waals surface area contributed by atoms with Crippen molar-refractivity contribution in [3.63, 3.8) is 0 Å². The highest BCUT2D eigenvalue weighted by molar-refractivity contribution is 7.12. The van der Waals surface area contributed by atoms with Gasteiger partial charge in [-0.05, 0) is 43.9 Å². The Balaban J connectivity index is 1.59. The summed E-state index contributed by atoms with van der Waals surface area (Å²) in [5.41, 5.74) is 0. The number of hydrogen-bond acceptors (Lipinski definition) is 3. The second-order valence-corrected chi connectivity index (χ2v) is 7.08. The van der Waals surface area contributed by atoms with E-state index < -0.39 is 0 Å². The molecule has 2 atom stereocenters. The van der Waals surface area contributed by atoms with Crippen LogP contribution in [-0.4, -0.2) is 29.2 Å². The van der Waals surface area contributed by atoms with Crippen molar-refractivity contribution in [3.8, 4) is 11.8 Å². The monoisotopic (exact) mass is 289 g/mol. The highest BCUT2D eigenvalue weighted by Crippen LogP contribution is 2.37. The van der Waals surface area contributed by atoms with E-state index in [2.05, 4.69) is 28.9 Å². The standard InChI is InChI=1S/C17H23NOS/c19-12-4-3-6-15-8-9-16(20-15)13-18-11-10-14-5-1-2-7-17(14)18/h8-9,14,17,19H,1-2,4-5,7,10-13H2. The van der Waals surface area contributed by atoms with Crippen LogP contribution in [0.5, 0.6) is 0 Å². The minimum atomic E-state index is 0.155. The number of hydrogen-bond donors (Lipinski definition) is 1. The lowest BCUT2D eigenvalue weighted by molar-refractivity contribution is 0.177. The summed E-state index contributed by atoms with van der Waals surface area (Å²) in [6.45, 7) is 2.54. The molecule has 1 aromatic heterocycles. The van der Waals surface area contributed by atoms with Gasteiger partial charge in [0.05, 0.1) is 11.5 Å². The summed E-state index contributed by atoms with van der Waals surface area (Å²) in [7, 11) is 0. The van der Waals surface area contributed by atoms with Crippen molar-refractivity contribution in [2.24, 2.45) is 5.92 Å². The molecule has 0 spiro atoms. The van der Waals surface area contributed by atoms with Crippen molar-refractivity contribution in [1.82, 2.24) is 4.90 Å². The van der Waals surface area contributed by atoms with Gasteiger partial charge >= 0.3 is 0 Å². The predicted molar refractivity (Wildman–Crippen MR) is 83.7 cm³/mol. The number of fused-ring (bicyclic) bond motifs is 1. The molecule has 0 aromatic carbocycles. The van der Waals surface area contributed by atoms with Crippen LogP contribution < -0.4 is 0 Å². The first-order valence-corrected chi connectivity index (χ1v) is 8.61. The summed E-state index contributed by atoms with van der Waals surface area (Å²) in [6.07, 6.45) is 7.68. The van der Waals surface area contributed by atoms with Gasteiger partial charge < -0.3 is 5.11 Å². The first kappa shape index (κ1) is 14.1. The third kappa shape index (κ3) is 3.25. The largest absolute Gasteiger partial charge is 0.395 e. The SMILES string of the molecule is OCCC#Cc1ccc(CN2CCC3CCCCC32)s1. The molecule has 2 aliphatic rings. The number of rotatable bonds is 3. The third-order valence-corrected chi connectivity index (χ3v) is 5.58. The zero-order valence-corrected chi connectivity index (χ0v) is 12.8. The van der Waals surface area contributed by atoms with E-state index in [4.69, 9.17) is 5.11 Å². The molecule has 1 aliphatic heterocycles. The number of aliphatic hydroxyl groups excluding tert-OH is 1. The molecule has 3 rings (SSSR count). The first-order chi connectivity index (χ1) is 9.86. The van der Waals surface area contributed by atoms with Crippen LogP contribution in [0, 0.1) is 17.8 Å². The van der Waals surface area contributed by atoms with Gasteiger partial charge in [0, 0.05) is 23.9 Å². The second-order valence-electron chi connectivity index (χ2n) is 5.91. The Bertz CT molecular complexity index is 499. The molecule has 1 saturated carbocycles. The highest BCUT2D eigenvalue weighted by Gasteiger charge is 2.35. The van der Waals surface area contributed by atoms with Crippen LogP contribution in [0.25, 0.3) is 0 Å². The summed E-state index contributed by atoms with van der Waals surface area (Å²) in [5.74, 6) is 7.10. The molecule has 2 unspecified atom stereocenters. The quantitative estimate of drug-likeness (QED) is 0.864. The summed E-state index contributed by atoms with van der Waals surface area (Å²) >= 11 is 1.81. The van der Waals surface area contributed by atoms with Gasteiger partial charge in [0.1, 0.15) is 0 Å². The fourth-order valence-corrected chi connectivity index (χ4v) is 4.54. The van der Waals surface area contributed by atoms with Gasteiger partial charge in [-0.1, -0.05) is 24.7 Å². The van der Waals surface area contributed by atoms with Crippen LogP contribution in [0.2, 0.25) is 0 Å². The summed E-state index contributed by atoms with van der Waals surface area (Å²) in [5, 5.41) is 8.74. The Morgan fingerprint density at radius 3 is 3.05 bits per heavy atom. The molecule has 108 valence electrons. The van der Waals surface area contributed by atoms with Crippen LogP contribution >= 0.6 is 11.3 Å². The predicted octanol–water partition coefficient (Wildman–Crippen LogP) is 3.25. The summed E-state index contributed by atoms with van der Waals surface area (Å²) in [4.78, 5) is 5.26. The molecule has 1 aliphatic carbocycles. The average molecular weight is 289 g/mol. The Hall–Kier alpha value is -0.820. The average Bonchev–Trinajstić information content (AvgIpc) is 3.08. The molecule has 2 heterocycles. The minimum Gasteiger partial charge on any atom is -0.395 e. The van der Waals surface area contributed by atoms with Gasteiger partial charge in [-0.25, -0.2) is 0 Å². The van der Waals surface area contributed by atoms with E-state index in [1.165, 1.54) is 43.5 Å². The molecular weight excluding hydrogens is 266 g/mol. The van der Waals surface area contributed by atoms with Gasteiger partial charge in [-0.15, -0.1) is 11.3 Å². The van der Waals surface area contributed by atoms with Crippen LogP contribution in [0.3, 0.4) is 0 Å². The van der Waals surface area contributed by atoms with Crippen molar-refractivity contribution in [2.75, 3.05) is 13.2 Å². The van der Waals surface area contributed by atoms with Gasteiger partial charge in [-0.2, -0.15) is 0 Å². The van der Waals surface area contributed by atoms with E-state index in [9.17, 15) is 0 Å². The van der Waals surface area contributed by atoms with Crippen LogP contribution in [-0.2, 0) is 6.54 Å². The van der Waals surface area contributed by atoms with E-state index in [-0.39, 0.29) is 6.61 Å². The van der Waals surface area contributed by atoms with Crippen molar-refractivity contribution in [2.45, 2.75) is 51.1 Å². The third-order valence-electron chi connectivity index (χ3n) is 4.59. The van der Waals surface area contributed by atoms with Crippen molar-refractivity contribution >= 4 is 11.3 Å². The van der Waals surface area contributed by atoms with Gasteiger partial charge in [0.2, 0.25) is 0 Å². The molecule has 2 nitrogen and oxygen atoms in total. The van der Waals surface area contributed by atoms with Crippen LogP contribution in [0.1, 0.15) is 48.3 Å². The molecule has 0 radical (unpaired) electrons. The maximum absolute atomic E-state index is 8.74. The Labute approximate surface area is 125 Å².